The van der Waals surface area contributed by atoms with E-state index in [2.05, 4.69) is 31.4 Å². The van der Waals surface area contributed by atoms with E-state index in [1.807, 2.05) is 20.0 Å². The van der Waals surface area contributed by atoms with Crippen molar-refractivity contribution in [3.8, 4) is 0 Å². The van der Waals surface area contributed by atoms with Crippen molar-refractivity contribution in [3.05, 3.63) is 28.9 Å². The Kier molecular flexibility index (Phi) is 2.86. The Hall–Kier alpha value is -1.17. The average molecular weight is 271 g/mol. The first-order valence-corrected chi connectivity index (χ1v) is 5.69. The molecule has 0 saturated heterocycles. The van der Waals surface area contributed by atoms with Gasteiger partial charge < -0.3 is 4.52 Å². The highest BCUT2D eigenvalue weighted by molar-refractivity contribution is 9.08. The van der Waals surface area contributed by atoms with Crippen LogP contribution in [-0.4, -0.2) is 20.2 Å². The normalized spacial score (nSPS) is 10.9. The molecule has 0 unspecified atom stereocenters. The third-order valence-corrected chi connectivity index (χ3v) is 2.80. The van der Waals surface area contributed by atoms with Gasteiger partial charge >= 0.3 is 0 Å². The second-order valence-corrected chi connectivity index (χ2v) is 3.90. The molecule has 0 aromatic carbocycles. The molecule has 0 aliphatic carbocycles. The summed E-state index contributed by atoms with van der Waals surface area (Å²) in [6, 6.07) is 0. The molecular weight excluding hydrogens is 260 g/mol. The van der Waals surface area contributed by atoms with E-state index < -0.39 is 0 Å². The van der Waals surface area contributed by atoms with Crippen molar-refractivity contribution >= 4 is 15.9 Å². The van der Waals surface area contributed by atoms with Gasteiger partial charge in [0.25, 0.3) is 0 Å². The summed E-state index contributed by atoms with van der Waals surface area (Å²) in [5.74, 6) is 0.836. The number of hydrogen-bond donors (Lipinski definition) is 0. The van der Waals surface area contributed by atoms with Crippen LogP contribution in [0.2, 0.25) is 0 Å². The number of nitrogens with zero attached hydrogens (tertiary/aromatic N) is 4. The van der Waals surface area contributed by atoms with Gasteiger partial charge in [0.2, 0.25) is 0 Å². The van der Waals surface area contributed by atoms with Gasteiger partial charge in [0, 0.05) is 17.1 Å². The van der Waals surface area contributed by atoms with Crippen LogP contribution in [0.15, 0.2) is 10.7 Å². The average Bonchev–Trinajstić information content (AvgIpc) is 2.80. The van der Waals surface area contributed by atoms with Crippen LogP contribution in [-0.2, 0) is 11.9 Å². The van der Waals surface area contributed by atoms with Gasteiger partial charge in [-0.2, -0.15) is 0 Å². The Morgan fingerprint density at radius 3 is 2.80 bits per heavy atom. The number of halogens is 1. The SMILES string of the molecule is Cc1noc(C)c1Cn1cc(CBr)nn1. The Morgan fingerprint density at radius 2 is 2.27 bits per heavy atom. The van der Waals surface area contributed by atoms with Crippen molar-refractivity contribution in [2.45, 2.75) is 25.7 Å². The quantitative estimate of drug-likeness (QED) is 0.799. The molecule has 0 aliphatic heterocycles. The van der Waals surface area contributed by atoms with Crippen LogP contribution in [0.5, 0.6) is 0 Å². The minimum atomic E-state index is 0.654. The smallest absolute Gasteiger partial charge is 0.138 e. The van der Waals surface area contributed by atoms with Gasteiger partial charge in [-0.15, -0.1) is 5.10 Å². The number of hydrogen-bond acceptors (Lipinski definition) is 4. The molecule has 5 nitrogen and oxygen atoms in total. The molecule has 0 aliphatic rings. The van der Waals surface area contributed by atoms with E-state index in [4.69, 9.17) is 4.52 Å². The summed E-state index contributed by atoms with van der Waals surface area (Å²) in [4.78, 5) is 0. The molecule has 15 heavy (non-hydrogen) atoms. The summed E-state index contributed by atoms with van der Waals surface area (Å²) >= 11 is 3.33. The maximum atomic E-state index is 5.08. The minimum Gasteiger partial charge on any atom is -0.361 e. The highest BCUT2D eigenvalue weighted by atomic mass is 79.9. The third-order valence-electron chi connectivity index (χ3n) is 2.22. The molecule has 2 aromatic heterocycles. The van der Waals surface area contributed by atoms with Crippen LogP contribution in [0.3, 0.4) is 0 Å². The van der Waals surface area contributed by atoms with Crippen molar-refractivity contribution in [2.75, 3.05) is 0 Å². The molecule has 0 N–H and O–H groups in total. The van der Waals surface area contributed by atoms with E-state index in [0.717, 1.165) is 22.7 Å². The van der Waals surface area contributed by atoms with Gasteiger partial charge in [0.05, 0.1) is 17.9 Å². The molecule has 0 radical (unpaired) electrons. The van der Waals surface area contributed by atoms with Crippen LogP contribution >= 0.6 is 15.9 Å². The molecule has 2 heterocycles. The van der Waals surface area contributed by atoms with Crippen LogP contribution in [0.25, 0.3) is 0 Å². The lowest BCUT2D eigenvalue weighted by atomic mass is 10.2. The minimum absolute atomic E-state index is 0.654. The molecule has 6 heteroatoms. The lowest BCUT2D eigenvalue weighted by Crippen LogP contribution is -2.02. The third kappa shape index (κ3) is 2.09. The van der Waals surface area contributed by atoms with Crippen LogP contribution in [0.4, 0.5) is 0 Å². The highest BCUT2D eigenvalue weighted by Crippen LogP contribution is 2.13. The Morgan fingerprint density at radius 1 is 1.47 bits per heavy atom. The van der Waals surface area contributed by atoms with E-state index in [1.54, 1.807) is 4.68 Å². The maximum absolute atomic E-state index is 5.08. The van der Waals surface area contributed by atoms with E-state index >= 15 is 0 Å². The Balaban J connectivity index is 2.21. The van der Waals surface area contributed by atoms with Crippen molar-refractivity contribution in [3.63, 3.8) is 0 Å². The summed E-state index contributed by atoms with van der Waals surface area (Å²) in [5, 5.41) is 12.6. The molecule has 0 atom stereocenters. The van der Waals surface area contributed by atoms with E-state index in [-0.39, 0.29) is 0 Å². The van der Waals surface area contributed by atoms with Crippen molar-refractivity contribution < 1.29 is 4.52 Å². The molecule has 0 amide bonds. The second-order valence-electron chi connectivity index (χ2n) is 3.34. The van der Waals surface area contributed by atoms with Crippen molar-refractivity contribution in [2.24, 2.45) is 0 Å². The first-order chi connectivity index (χ1) is 7.20. The monoisotopic (exact) mass is 270 g/mol. The fraction of sp³-hybridized carbons (Fsp3) is 0.444. The maximum Gasteiger partial charge on any atom is 0.138 e. The van der Waals surface area contributed by atoms with Gasteiger partial charge in [0.1, 0.15) is 5.76 Å². The first-order valence-electron chi connectivity index (χ1n) is 4.57. The van der Waals surface area contributed by atoms with Crippen LogP contribution in [0, 0.1) is 13.8 Å². The largest absolute Gasteiger partial charge is 0.361 e. The van der Waals surface area contributed by atoms with Crippen molar-refractivity contribution in [1.29, 1.82) is 0 Å². The van der Waals surface area contributed by atoms with Gasteiger partial charge in [-0.05, 0) is 13.8 Å². The molecule has 0 bridgehead atoms. The summed E-state index contributed by atoms with van der Waals surface area (Å²) in [6.07, 6.45) is 1.90. The fourth-order valence-electron chi connectivity index (χ4n) is 1.37. The van der Waals surface area contributed by atoms with Gasteiger partial charge in [-0.3, -0.25) is 0 Å². The van der Waals surface area contributed by atoms with E-state index in [0.29, 0.717) is 11.9 Å². The molecule has 2 rings (SSSR count). The molecule has 0 fully saturated rings. The zero-order valence-electron chi connectivity index (χ0n) is 8.57. The topological polar surface area (TPSA) is 56.7 Å². The van der Waals surface area contributed by atoms with Gasteiger partial charge in [-0.1, -0.05) is 26.3 Å². The zero-order valence-corrected chi connectivity index (χ0v) is 10.2. The lowest BCUT2D eigenvalue weighted by Gasteiger charge is -1.98. The fourth-order valence-corrected chi connectivity index (χ4v) is 1.62. The highest BCUT2D eigenvalue weighted by Gasteiger charge is 2.10. The summed E-state index contributed by atoms with van der Waals surface area (Å²) in [7, 11) is 0. The number of aromatic nitrogens is 4. The summed E-state index contributed by atoms with van der Waals surface area (Å²) in [5.41, 5.74) is 2.89. The number of rotatable bonds is 3. The Labute approximate surface area is 95.6 Å². The number of aryl methyl sites for hydroxylation is 2. The summed E-state index contributed by atoms with van der Waals surface area (Å²) in [6.45, 7) is 4.48. The Bertz CT molecular complexity index is 443. The second kappa shape index (κ2) is 4.14. The van der Waals surface area contributed by atoms with Crippen LogP contribution < -0.4 is 0 Å². The molecule has 2 aromatic rings. The lowest BCUT2D eigenvalue weighted by molar-refractivity contribution is 0.391. The summed E-state index contributed by atoms with van der Waals surface area (Å²) < 4.78 is 6.86. The predicted molar refractivity (Wildman–Crippen MR) is 57.7 cm³/mol. The number of alkyl halides is 1. The van der Waals surface area contributed by atoms with Crippen molar-refractivity contribution in [1.82, 2.24) is 20.2 Å². The zero-order chi connectivity index (χ0) is 10.8. The van der Waals surface area contributed by atoms with Gasteiger partial charge in [-0.25, -0.2) is 4.68 Å². The first kappa shape index (κ1) is 10.4. The molecule has 0 spiro atoms. The standard InChI is InChI=1S/C9H11BrN4O/c1-6-9(7(2)15-12-6)5-14-4-8(3-10)11-13-14/h4H,3,5H2,1-2H3. The predicted octanol–water partition coefficient (Wildman–Crippen LogP) is 1.83. The van der Waals surface area contributed by atoms with E-state index in [9.17, 15) is 0 Å². The van der Waals surface area contributed by atoms with Crippen LogP contribution in [0.1, 0.15) is 22.7 Å². The van der Waals surface area contributed by atoms with Gasteiger partial charge in [0.15, 0.2) is 0 Å². The molecule has 0 saturated carbocycles. The molecule has 80 valence electrons. The van der Waals surface area contributed by atoms with E-state index in [1.165, 1.54) is 0 Å². The molecular formula is C9H11BrN4O.